The van der Waals surface area contributed by atoms with Gasteiger partial charge in [-0.25, -0.2) is 27.4 Å². The first-order chi connectivity index (χ1) is 13.8. The lowest BCUT2D eigenvalue weighted by Crippen LogP contribution is -2.26. The maximum atomic E-state index is 12.7. The van der Waals surface area contributed by atoms with Crippen LogP contribution in [0.5, 0.6) is 0 Å². The minimum Gasteiger partial charge on any atom is -0.327 e. The van der Waals surface area contributed by atoms with Crippen molar-refractivity contribution in [3.63, 3.8) is 0 Å². The Morgan fingerprint density at radius 3 is 2.53 bits per heavy atom. The summed E-state index contributed by atoms with van der Waals surface area (Å²) in [6, 6.07) is 12.1. The highest BCUT2D eigenvalue weighted by Crippen LogP contribution is 2.33. The number of primary sulfonamides is 1. The van der Waals surface area contributed by atoms with Gasteiger partial charge < -0.3 is 5.73 Å². The number of thiophene rings is 1. The zero-order chi connectivity index (χ0) is 21.0. The number of halogens is 2. The highest BCUT2D eigenvalue weighted by atomic mass is 35.5. The molecule has 0 amide bonds. The molecule has 0 saturated carbocycles. The van der Waals surface area contributed by atoms with Gasteiger partial charge in [0, 0.05) is 16.3 Å². The Hall–Kier alpha value is -2.31. The number of aromatic nitrogens is 3. The second-order valence-corrected chi connectivity index (χ2v) is 9.20. The first kappa shape index (κ1) is 24.0. The molecule has 2 heterocycles. The second-order valence-electron chi connectivity index (χ2n) is 6.35. The van der Waals surface area contributed by atoms with Gasteiger partial charge in [0.1, 0.15) is 11.6 Å². The molecule has 1 aromatic carbocycles. The van der Waals surface area contributed by atoms with Crippen LogP contribution in [0.25, 0.3) is 0 Å². The number of nitrogens with zero attached hydrogens (tertiary/aromatic N) is 3. The van der Waals surface area contributed by atoms with Crippen LogP contribution in [0.15, 0.2) is 65.5 Å². The largest absolute Gasteiger partial charge is 0.346 e. The van der Waals surface area contributed by atoms with Crippen LogP contribution >= 0.6 is 23.7 Å². The van der Waals surface area contributed by atoms with E-state index in [9.17, 15) is 17.6 Å². The standard InChI is InChI=1S/C18H20FN5O3S2.ClH/c19-8-13(9-20)10-24-18(25)23(12-22-24)11-15-6-7-16(28-15)17(29(21,26)27)14-4-2-1-3-5-14;/h1-8,12,17H,9-11,20H2,(H2,21,26,27);1H/b13-8+;. The summed E-state index contributed by atoms with van der Waals surface area (Å²) >= 11 is 1.25. The minimum absolute atomic E-state index is 0. The van der Waals surface area contributed by atoms with Crippen molar-refractivity contribution in [2.24, 2.45) is 10.9 Å². The van der Waals surface area contributed by atoms with Crippen LogP contribution in [-0.2, 0) is 23.1 Å². The van der Waals surface area contributed by atoms with E-state index < -0.39 is 21.0 Å². The summed E-state index contributed by atoms with van der Waals surface area (Å²) < 4.78 is 39.5. The average molecular weight is 474 g/mol. The fraction of sp³-hybridized carbons (Fsp3) is 0.222. The van der Waals surface area contributed by atoms with Crippen LogP contribution < -0.4 is 16.6 Å². The van der Waals surface area contributed by atoms with E-state index in [-0.39, 0.29) is 37.6 Å². The van der Waals surface area contributed by atoms with Gasteiger partial charge in [0.25, 0.3) is 0 Å². The molecule has 4 N–H and O–H groups in total. The predicted molar refractivity (Wildman–Crippen MR) is 117 cm³/mol. The molecule has 162 valence electrons. The van der Waals surface area contributed by atoms with Crippen LogP contribution in [0.1, 0.15) is 20.6 Å². The van der Waals surface area contributed by atoms with Gasteiger partial charge in [0.15, 0.2) is 0 Å². The number of rotatable bonds is 8. The van der Waals surface area contributed by atoms with Crippen molar-refractivity contribution < 1.29 is 12.8 Å². The number of benzene rings is 1. The number of hydrogen-bond donors (Lipinski definition) is 2. The zero-order valence-electron chi connectivity index (χ0n) is 15.7. The van der Waals surface area contributed by atoms with E-state index in [4.69, 9.17) is 10.9 Å². The Bertz CT molecular complexity index is 1170. The summed E-state index contributed by atoms with van der Waals surface area (Å²) in [7, 11) is -3.88. The van der Waals surface area contributed by atoms with Gasteiger partial charge in [-0.1, -0.05) is 30.3 Å². The molecule has 3 aromatic rings. The summed E-state index contributed by atoms with van der Waals surface area (Å²) in [5, 5.41) is 8.46. The molecule has 0 aliphatic carbocycles. The van der Waals surface area contributed by atoms with Crippen molar-refractivity contribution in [3.05, 3.63) is 86.5 Å². The Morgan fingerprint density at radius 2 is 1.93 bits per heavy atom. The van der Waals surface area contributed by atoms with Crippen LogP contribution in [-0.4, -0.2) is 29.3 Å². The molecule has 30 heavy (non-hydrogen) atoms. The van der Waals surface area contributed by atoms with Gasteiger partial charge in [0.2, 0.25) is 10.0 Å². The topological polar surface area (TPSA) is 126 Å². The minimum atomic E-state index is -3.88. The van der Waals surface area contributed by atoms with Crippen molar-refractivity contribution >= 4 is 33.8 Å². The average Bonchev–Trinajstić information content (AvgIpc) is 3.27. The number of hydrogen-bond acceptors (Lipinski definition) is 6. The maximum Gasteiger partial charge on any atom is 0.346 e. The first-order valence-electron chi connectivity index (χ1n) is 8.59. The van der Waals surface area contributed by atoms with E-state index >= 15 is 0 Å². The highest BCUT2D eigenvalue weighted by Gasteiger charge is 2.27. The summed E-state index contributed by atoms with van der Waals surface area (Å²) in [5.41, 5.74) is 5.81. The molecular formula is C18H21ClFN5O3S2. The summed E-state index contributed by atoms with van der Waals surface area (Å²) in [6.07, 6.45) is 1.72. The van der Waals surface area contributed by atoms with Crippen molar-refractivity contribution in [1.82, 2.24) is 14.3 Å². The maximum absolute atomic E-state index is 12.7. The number of nitrogens with two attached hydrogens (primary N) is 2. The van der Waals surface area contributed by atoms with Gasteiger partial charge in [-0.15, -0.1) is 23.7 Å². The first-order valence-corrected chi connectivity index (χ1v) is 11.0. The third-order valence-corrected chi connectivity index (χ3v) is 6.73. The van der Waals surface area contributed by atoms with E-state index in [1.807, 2.05) is 0 Å². The van der Waals surface area contributed by atoms with Gasteiger partial charge in [-0.05, 0) is 23.3 Å². The van der Waals surface area contributed by atoms with Crippen molar-refractivity contribution in [1.29, 1.82) is 0 Å². The van der Waals surface area contributed by atoms with Crippen molar-refractivity contribution in [3.8, 4) is 0 Å². The Kier molecular flexibility index (Phi) is 8.10. The summed E-state index contributed by atoms with van der Waals surface area (Å²) in [6.45, 7) is 0.154. The lowest BCUT2D eigenvalue weighted by molar-refractivity contribution is 0.591. The molecule has 2 aromatic heterocycles. The van der Waals surface area contributed by atoms with Crippen LogP contribution in [0, 0.1) is 0 Å². The van der Waals surface area contributed by atoms with Gasteiger partial charge in [0.05, 0.1) is 19.4 Å². The van der Waals surface area contributed by atoms with Crippen LogP contribution in [0.2, 0.25) is 0 Å². The van der Waals surface area contributed by atoms with E-state index in [1.165, 1.54) is 22.2 Å². The quantitative estimate of drug-likeness (QED) is 0.515. The smallest absolute Gasteiger partial charge is 0.327 e. The third kappa shape index (κ3) is 5.43. The van der Waals surface area contributed by atoms with Crippen molar-refractivity contribution in [2.45, 2.75) is 18.3 Å². The fourth-order valence-electron chi connectivity index (χ4n) is 2.86. The molecule has 0 fully saturated rings. The molecular weight excluding hydrogens is 453 g/mol. The molecule has 0 saturated heterocycles. The molecule has 0 bridgehead atoms. The van der Waals surface area contributed by atoms with Crippen LogP contribution in [0.3, 0.4) is 0 Å². The lowest BCUT2D eigenvalue weighted by Gasteiger charge is -2.13. The molecule has 1 unspecified atom stereocenters. The SMILES string of the molecule is Cl.NC/C(=C\F)Cn1ncn(Cc2ccc(C(c3ccccc3)S(N)(=O)=O)s2)c1=O. The van der Waals surface area contributed by atoms with Gasteiger partial charge in [-0.3, -0.25) is 4.57 Å². The molecule has 1 atom stereocenters. The third-order valence-electron chi connectivity index (χ3n) is 4.26. The summed E-state index contributed by atoms with van der Waals surface area (Å²) in [5.74, 6) is 0. The lowest BCUT2D eigenvalue weighted by atomic mass is 10.1. The van der Waals surface area contributed by atoms with E-state index in [0.717, 1.165) is 9.56 Å². The Morgan fingerprint density at radius 1 is 1.23 bits per heavy atom. The Labute approximate surface area is 183 Å². The predicted octanol–water partition coefficient (Wildman–Crippen LogP) is 1.77. The van der Waals surface area contributed by atoms with E-state index in [2.05, 4.69) is 5.10 Å². The molecule has 12 heteroatoms. The normalized spacial score (nSPS) is 13.1. The zero-order valence-corrected chi connectivity index (χ0v) is 18.2. The van der Waals surface area contributed by atoms with Gasteiger partial charge >= 0.3 is 5.69 Å². The summed E-state index contributed by atoms with van der Waals surface area (Å²) in [4.78, 5) is 13.7. The highest BCUT2D eigenvalue weighted by molar-refractivity contribution is 7.89. The van der Waals surface area contributed by atoms with E-state index in [1.54, 1.807) is 42.5 Å². The molecule has 0 radical (unpaired) electrons. The molecule has 3 rings (SSSR count). The molecule has 8 nitrogen and oxygen atoms in total. The second kappa shape index (κ2) is 10.1. The van der Waals surface area contributed by atoms with Crippen LogP contribution in [0.4, 0.5) is 4.39 Å². The fourth-order valence-corrected chi connectivity index (χ4v) is 5.36. The van der Waals surface area contributed by atoms with Crippen molar-refractivity contribution in [2.75, 3.05) is 6.54 Å². The number of sulfonamides is 1. The molecule has 0 spiro atoms. The molecule has 0 aliphatic rings. The molecule has 0 aliphatic heterocycles. The monoisotopic (exact) mass is 473 g/mol. The van der Waals surface area contributed by atoms with Gasteiger partial charge in [-0.2, -0.15) is 5.10 Å². The van der Waals surface area contributed by atoms with E-state index in [0.29, 0.717) is 16.8 Å². The Balaban J connectivity index is 0.00000320.